The van der Waals surface area contributed by atoms with Crippen LogP contribution in [0.2, 0.25) is 0 Å². The third-order valence-electron chi connectivity index (χ3n) is 4.21. The monoisotopic (exact) mass is 196 g/mol. The fourth-order valence-electron chi connectivity index (χ4n) is 3.42. The molecule has 0 amide bonds. The molecule has 0 spiro atoms. The standard InChI is InChI=1S/C12H20O2/c1-3-9-7-12(4-2)11(5-6-14-12)10(9)8-13/h4,9-11,13H,2-3,5-8H2,1H3/t9-,10+,11-,12+/m1/s1. The van der Waals surface area contributed by atoms with Gasteiger partial charge in [0.05, 0.1) is 5.60 Å². The molecule has 1 saturated heterocycles. The summed E-state index contributed by atoms with van der Waals surface area (Å²) in [5.41, 5.74) is -0.103. The highest BCUT2D eigenvalue weighted by atomic mass is 16.5. The molecule has 2 fully saturated rings. The summed E-state index contributed by atoms with van der Waals surface area (Å²) in [6.45, 7) is 7.25. The smallest absolute Gasteiger partial charge is 0.0895 e. The van der Waals surface area contributed by atoms with Crippen LogP contribution >= 0.6 is 0 Å². The van der Waals surface area contributed by atoms with E-state index >= 15 is 0 Å². The number of aliphatic hydroxyl groups excluding tert-OH is 1. The normalized spacial score (nSPS) is 46.6. The number of hydrogen-bond acceptors (Lipinski definition) is 2. The van der Waals surface area contributed by atoms with Gasteiger partial charge in [-0.1, -0.05) is 19.4 Å². The fourth-order valence-corrected chi connectivity index (χ4v) is 3.42. The Morgan fingerprint density at radius 1 is 1.64 bits per heavy atom. The average molecular weight is 196 g/mol. The summed E-state index contributed by atoms with van der Waals surface area (Å²) in [5.74, 6) is 1.55. The van der Waals surface area contributed by atoms with Crippen LogP contribution in [0, 0.1) is 17.8 Å². The molecule has 4 atom stereocenters. The third kappa shape index (κ3) is 1.24. The highest BCUT2D eigenvalue weighted by Gasteiger charge is 2.54. The molecule has 1 aliphatic carbocycles. The van der Waals surface area contributed by atoms with E-state index in [2.05, 4.69) is 13.5 Å². The summed E-state index contributed by atoms with van der Waals surface area (Å²) < 4.78 is 5.85. The van der Waals surface area contributed by atoms with Gasteiger partial charge in [0, 0.05) is 13.2 Å². The van der Waals surface area contributed by atoms with E-state index in [0.29, 0.717) is 24.4 Å². The predicted octanol–water partition coefficient (Wildman–Crippen LogP) is 1.99. The Morgan fingerprint density at radius 2 is 2.43 bits per heavy atom. The van der Waals surface area contributed by atoms with Crippen molar-refractivity contribution in [1.29, 1.82) is 0 Å². The van der Waals surface area contributed by atoms with Gasteiger partial charge in [0.25, 0.3) is 0 Å². The van der Waals surface area contributed by atoms with Crippen LogP contribution in [0.4, 0.5) is 0 Å². The van der Waals surface area contributed by atoms with Crippen LogP contribution in [0.5, 0.6) is 0 Å². The van der Waals surface area contributed by atoms with Crippen LogP contribution in [0.25, 0.3) is 0 Å². The van der Waals surface area contributed by atoms with Gasteiger partial charge in [0.2, 0.25) is 0 Å². The van der Waals surface area contributed by atoms with Crippen molar-refractivity contribution in [3.05, 3.63) is 12.7 Å². The lowest BCUT2D eigenvalue weighted by Crippen LogP contribution is -2.30. The maximum Gasteiger partial charge on any atom is 0.0895 e. The Balaban J connectivity index is 2.23. The molecule has 0 unspecified atom stereocenters. The molecular formula is C12H20O2. The van der Waals surface area contributed by atoms with Crippen LogP contribution in [-0.4, -0.2) is 23.9 Å². The van der Waals surface area contributed by atoms with Crippen molar-refractivity contribution >= 4 is 0 Å². The number of rotatable bonds is 3. The van der Waals surface area contributed by atoms with Gasteiger partial charge >= 0.3 is 0 Å². The second kappa shape index (κ2) is 3.67. The molecule has 0 aromatic heterocycles. The zero-order valence-corrected chi connectivity index (χ0v) is 8.91. The van der Waals surface area contributed by atoms with Crippen LogP contribution in [-0.2, 0) is 4.74 Å². The molecule has 1 heterocycles. The van der Waals surface area contributed by atoms with E-state index in [4.69, 9.17) is 4.74 Å². The van der Waals surface area contributed by atoms with Gasteiger partial charge < -0.3 is 9.84 Å². The van der Waals surface area contributed by atoms with Crippen molar-refractivity contribution in [2.75, 3.05) is 13.2 Å². The van der Waals surface area contributed by atoms with Crippen molar-refractivity contribution in [3.8, 4) is 0 Å². The zero-order valence-electron chi connectivity index (χ0n) is 8.91. The van der Waals surface area contributed by atoms with Crippen molar-refractivity contribution in [2.45, 2.75) is 31.8 Å². The minimum atomic E-state index is -0.103. The number of ether oxygens (including phenoxy) is 1. The molecule has 14 heavy (non-hydrogen) atoms. The second-order valence-corrected chi connectivity index (χ2v) is 4.62. The zero-order chi connectivity index (χ0) is 10.2. The molecule has 1 aliphatic heterocycles. The third-order valence-corrected chi connectivity index (χ3v) is 4.21. The molecule has 1 saturated carbocycles. The highest BCUT2D eigenvalue weighted by Crippen LogP contribution is 2.53. The van der Waals surface area contributed by atoms with Gasteiger partial charge in [-0.3, -0.25) is 0 Å². The Labute approximate surface area is 86.0 Å². The molecule has 1 N–H and O–H groups in total. The van der Waals surface area contributed by atoms with Crippen molar-refractivity contribution in [2.24, 2.45) is 17.8 Å². The first-order valence-electron chi connectivity index (χ1n) is 5.65. The average Bonchev–Trinajstić information content (AvgIpc) is 2.72. The number of hydrogen-bond donors (Lipinski definition) is 1. The topological polar surface area (TPSA) is 29.5 Å². The fraction of sp³-hybridized carbons (Fsp3) is 0.833. The minimum absolute atomic E-state index is 0.103. The van der Waals surface area contributed by atoms with Gasteiger partial charge in [-0.2, -0.15) is 0 Å². The number of aliphatic hydroxyl groups is 1. The van der Waals surface area contributed by atoms with E-state index in [0.717, 1.165) is 25.9 Å². The first-order valence-corrected chi connectivity index (χ1v) is 5.65. The van der Waals surface area contributed by atoms with E-state index in [-0.39, 0.29) is 5.60 Å². The Bertz CT molecular complexity index is 226. The lowest BCUT2D eigenvalue weighted by atomic mass is 9.84. The Kier molecular flexibility index (Phi) is 2.67. The van der Waals surface area contributed by atoms with E-state index in [1.54, 1.807) is 0 Å². The van der Waals surface area contributed by atoms with Gasteiger partial charge in [-0.15, -0.1) is 6.58 Å². The molecule has 2 aliphatic rings. The van der Waals surface area contributed by atoms with Crippen molar-refractivity contribution in [3.63, 3.8) is 0 Å². The number of fused-ring (bicyclic) bond motifs is 1. The molecule has 80 valence electrons. The van der Waals surface area contributed by atoms with Crippen LogP contribution in [0.15, 0.2) is 12.7 Å². The van der Waals surface area contributed by atoms with E-state index < -0.39 is 0 Å². The maximum atomic E-state index is 9.43. The van der Waals surface area contributed by atoms with E-state index in [1.807, 2.05) is 6.08 Å². The predicted molar refractivity (Wildman–Crippen MR) is 56.0 cm³/mol. The van der Waals surface area contributed by atoms with Crippen LogP contribution < -0.4 is 0 Å². The molecule has 0 aromatic rings. The largest absolute Gasteiger partial charge is 0.396 e. The maximum absolute atomic E-state index is 9.43. The molecule has 0 radical (unpaired) electrons. The van der Waals surface area contributed by atoms with Gasteiger partial charge in [-0.25, -0.2) is 0 Å². The van der Waals surface area contributed by atoms with Gasteiger partial charge in [0.1, 0.15) is 0 Å². The van der Waals surface area contributed by atoms with E-state index in [1.165, 1.54) is 0 Å². The summed E-state index contributed by atoms with van der Waals surface area (Å²) in [5, 5.41) is 9.43. The molecule has 2 rings (SSSR count). The molecule has 0 aromatic carbocycles. The molecule has 2 heteroatoms. The summed E-state index contributed by atoms with van der Waals surface area (Å²) in [4.78, 5) is 0. The van der Waals surface area contributed by atoms with E-state index in [9.17, 15) is 5.11 Å². The summed E-state index contributed by atoms with van der Waals surface area (Å²) in [6.07, 6.45) is 5.26. The van der Waals surface area contributed by atoms with Crippen molar-refractivity contribution < 1.29 is 9.84 Å². The SMILES string of the molecule is C=C[C@]12C[C@@H](CC)[C@H](CO)[C@H]1CCO2. The van der Waals surface area contributed by atoms with Gasteiger partial charge in [0.15, 0.2) is 0 Å². The van der Waals surface area contributed by atoms with Crippen LogP contribution in [0.3, 0.4) is 0 Å². The highest BCUT2D eigenvalue weighted by molar-refractivity contribution is 5.13. The second-order valence-electron chi connectivity index (χ2n) is 4.62. The molecular weight excluding hydrogens is 176 g/mol. The molecule has 2 nitrogen and oxygen atoms in total. The lowest BCUT2D eigenvalue weighted by molar-refractivity contribution is 0.0271. The molecule has 0 bridgehead atoms. The lowest BCUT2D eigenvalue weighted by Gasteiger charge is -2.25. The van der Waals surface area contributed by atoms with Crippen LogP contribution in [0.1, 0.15) is 26.2 Å². The Morgan fingerprint density at radius 3 is 3.00 bits per heavy atom. The summed E-state index contributed by atoms with van der Waals surface area (Å²) in [7, 11) is 0. The minimum Gasteiger partial charge on any atom is -0.396 e. The van der Waals surface area contributed by atoms with Gasteiger partial charge in [-0.05, 0) is 30.6 Å². The first-order chi connectivity index (χ1) is 6.77. The quantitative estimate of drug-likeness (QED) is 0.699. The first kappa shape index (κ1) is 10.2. The van der Waals surface area contributed by atoms with Crippen molar-refractivity contribution in [1.82, 2.24) is 0 Å². The Hall–Kier alpha value is -0.340. The summed E-state index contributed by atoms with van der Waals surface area (Å²) >= 11 is 0. The summed E-state index contributed by atoms with van der Waals surface area (Å²) in [6, 6.07) is 0.